The molecule has 2 N–H and O–H groups in total. The quantitative estimate of drug-likeness (QED) is 0.807. The molecule has 0 radical (unpaired) electrons. The van der Waals surface area contributed by atoms with Gasteiger partial charge in [0.25, 0.3) is 0 Å². The van der Waals surface area contributed by atoms with Gasteiger partial charge in [-0.15, -0.1) is 0 Å². The molecule has 0 unspecified atom stereocenters. The Morgan fingerprint density at radius 2 is 2.36 bits per heavy atom. The molecule has 72 valence electrons. The number of thiocarbonyl (C=S) groups is 1. The van der Waals surface area contributed by atoms with E-state index in [9.17, 15) is 0 Å². The third-order valence-electron chi connectivity index (χ3n) is 2.02. The highest BCUT2D eigenvalue weighted by atomic mass is 32.1. The zero-order valence-corrected chi connectivity index (χ0v) is 9.15. The van der Waals surface area contributed by atoms with E-state index in [0.29, 0.717) is 4.99 Å². The first-order valence-electron chi connectivity index (χ1n) is 4.23. The van der Waals surface area contributed by atoms with Gasteiger partial charge in [-0.2, -0.15) is 11.3 Å². The molecule has 0 saturated heterocycles. The maximum atomic E-state index is 5.60. The Hall–Kier alpha value is -1.13. The largest absolute Gasteiger partial charge is 0.388 e. The van der Waals surface area contributed by atoms with Gasteiger partial charge < -0.3 is 10.3 Å². The molecule has 0 fully saturated rings. The van der Waals surface area contributed by atoms with Gasteiger partial charge in [-0.25, -0.2) is 0 Å². The molecular weight excluding hydrogens is 212 g/mol. The van der Waals surface area contributed by atoms with Crippen molar-refractivity contribution < 1.29 is 0 Å². The van der Waals surface area contributed by atoms with Crippen molar-refractivity contribution in [1.29, 1.82) is 0 Å². The van der Waals surface area contributed by atoms with E-state index in [4.69, 9.17) is 18.0 Å². The van der Waals surface area contributed by atoms with Gasteiger partial charge in [0.2, 0.25) is 0 Å². The minimum atomic E-state index is 0.449. The molecule has 0 aliphatic rings. The molecule has 2 aromatic heterocycles. The Morgan fingerprint density at radius 3 is 3.00 bits per heavy atom. The van der Waals surface area contributed by atoms with E-state index >= 15 is 0 Å². The normalized spacial score (nSPS) is 10.3. The summed E-state index contributed by atoms with van der Waals surface area (Å²) in [5, 5.41) is 4.20. The molecule has 0 aliphatic carbocycles. The topological polar surface area (TPSA) is 30.9 Å². The van der Waals surface area contributed by atoms with Crippen molar-refractivity contribution in [3.05, 3.63) is 46.4 Å². The van der Waals surface area contributed by atoms with Crippen LogP contribution in [0.2, 0.25) is 0 Å². The lowest BCUT2D eigenvalue weighted by molar-refractivity contribution is 0.801. The van der Waals surface area contributed by atoms with Gasteiger partial charge >= 0.3 is 0 Å². The molecule has 0 bridgehead atoms. The molecule has 0 aliphatic heterocycles. The van der Waals surface area contributed by atoms with Gasteiger partial charge in [-0.3, -0.25) is 0 Å². The second kappa shape index (κ2) is 3.94. The fourth-order valence-electron chi connectivity index (χ4n) is 1.35. The van der Waals surface area contributed by atoms with Crippen LogP contribution in [0.15, 0.2) is 35.2 Å². The van der Waals surface area contributed by atoms with Crippen LogP contribution in [0.25, 0.3) is 0 Å². The van der Waals surface area contributed by atoms with E-state index in [0.717, 1.165) is 12.2 Å². The molecule has 4 heteroatoms. The average molecular weight is 222 g/mol. The molecule has 0 amide bonds. The van der Waals surface area contributed by atoms with Crippen LogP contribution in [0.5, 0.6) is 0 Å². The monoisotopic (exact) mass is 222 g/mol. The summed E-state index contributed by atoms with van der Waals surface area (Å²) < 4.78 is 2.06. The van der Waals surface area contributed by atoms with Gasteiger partial charge in [-0.05, 0) is 34.5 Å². The fourth-order valence-corrected chi connectivity index (χ4v) is 2.20. The summed E-state index contributed by atoms with van der Waals surface area (Å²) in [4.78, 5) is 0.449. The smallest absolute Gasteiger partial charge is 0.120 e. The first-order chi connectivity index (χ1) is 6.77. The molecule has 0 atom stereocenters. The number of rotatable bonds is 3. The van der Waals surface area contributed by atoms with Crippen LogP contribution < -0.4 is 5.73 Å². The minimum Gasteiger partial charge on any atom is -0.388 e. The van der Waals surface area contributed by atoms with Crippen LogP contribution in [0, 0.1) is 0 Å². The zero-order chi connectivity index (χ0) is 9.97. The van der Waals surface area contributed by atoms with Crippen molar-refractivity contribution in [3.63, 3.8) is 0 Å². The van der Waals surface area contributed by atoms with Gasteiger partial charge in [0.15, 0.2) is 0 Å². The number of thiophene rings is 1. The number of hydrogen-bond acceptors (Lipinski definition) is 2. The van der Waals surface area contributed by atoms with E-state index in [1.807, 2.05) is 18.3 Å². The zero-order valence-electron chi connectivity index (χ0n) is 7.51. The summed E-state index contributed by atoms with van der Waals surface area (Å²) in [6, 6.07) is 6.00. The summed E-state index contributed by atoms with van der Waals surface area (Å²) in [7, 11) is 0. The predicted molar refractivity (Wildman–Crippen MR) is 63.7 cm³/mol. The van der Waals surface area contributed by atoms with Crippen LogP contribution in [0.4, 0.5) is 0 Å². The minimum absolute atomic E-state index is 0.449. The van der Waals surface area contributed by atoms with Crippen molar-refractivity contribution in [1.82, 2.24) is 4.57 Å². The summed E-state index contributed by atoms with van der Waals surface area (Å²) in [6.07, 6.45) is 1.99. The van der Waals surface area contributed by atoms with Crippen molar-refractivity contribution in [2.75, 3.05) is 0 Å². The lowest BCUT2D eigenvalue weighted by Gasteiger charge is -2.05. The Kier molecular flexibility index (Phi) is 2.65. The first kappa shape index (κ1) is 9.43. The molecule has 14 heavy (non-hydrogen) atoms. The highest BCUT2D eigenvalue weighted by molar-refractivity contribution is 7.80. The average Bonchev–Trinajstić information content (AvgIpc) is 2.75. The second-order valence-electron chi connectivity index (χ2n) is 3.02. The Labute approximate surface area is 92.0 Å². The van der Waals surface area contributed by atoms with Crippen LogP contribution >= 0.6 is 23.6 Å². The van der Waals surface area contributed by atoms with Crippen molar-refractivity contribution >= 4 is 28.5 Å². The molecule has 2 rings (SSSR count). The molecule has 2 heterocycles. The summed E-state index contributed by atoms with van der Waals surface area (Å²) >= 11 is 6.66. The number of aromatic nitrogens is 1. The SMILES string of the molecule is NC(=S)c1cccn1Cc1ccsc1. The van der Waals surface area contributed by atoms with Gasteiger partial charge in [0.05, 0.1) is 5.69 Å². The number of nitrogens with zero attached hydrogens (tertiary/aromatic N) is 1. The van der Waals surface area contributed by atoms with Crippen molar-refractivity contribution in [2.24, 2.45) is 5.73 Å². The van der Waals surface area contributed by atoms with Crippen LogP contribution in [-0.4, -0.2) is 9.56 Å². The van der Waals surface area contributed by atoms with E-state index < -0.39 is 0 Å². The second-order valence-corrected chi connectivity index (χ2v) is 4.24. The molecule has 2 nitrogen and oxygen atoms in total. The van der Waals surface area contributed by atoms with Crippen LogP contribution in [-0.2, 0) is 6.54 Å². The predicted octanol–water partition coefficient (Wildman–Crippen LogP) is 2.23. The summed E-state index contributed by atoms with van der Waals surface area (Å²) in [5.74, 6) is 0. The summed E-state index contributed by atoms with van der Waals surface area (Å²) in [5.41, 5.74) is 7.80. The maximum absolute atomic E-state index is 5.60. The first-order valence-corrected chi connectivity index (χ1v) is 5.58. The molecule has 0 aromatic carbocycles. The highest BCUT2D eigenvalue weighted by Crippen LogP contribution is 2.10. The third-order valence-corrected chi connectivity index (χ3v) is 2.96. The Balaban J connectivity index is 2.25. The maximum Gasteiger partial charge on any atom is 0.120 e. The highest BCUT2D eigenvalue weighted by Gasteiger charge is 2.03. The third kappa shape index (κ3) is 1.86. The lowest BCUT2D eigenvalue weighted by atomic mass is 10.3. The summed E-state index contributed by atoms with van der Waals surface area (Å²) in [6.45, 7) is 0.836. The van der Waals surface area contributed by atoms with E-state index in [1.54, 1.807) is 11.3 Å². The molecular formula is C10H10N2S2. The van der Waals surface area contributed by atoms with Crippen molar-refractivity contribution in [3.8, 4) is 0 Å². The van der Waals surface area contributed by atoms with Crippen LogP contribution in [0.1, 0.15) is 11.3 Å². The lowest BCUT2D eigenvalue weighted by Crippen LogP contribution is -2.15. The van der Waals surface area contributed by atoms with Crippen molar-refractivity contribution in [2.45, 2.75) is 6.54 Å². The number of nitrogens with two attached hydrogens (primary N) is 1. The molecule has 0 spiro atoms. The Bertz CT molecular complexity index is 429. The standard InChI is InChI=1S/C10H10N2S2/c11-10(13)9-2-1-4-12(9)6-8-3-5-14-7-8/h1-5,7H,6H2,(H2,11,13). The molecule has 0 saturated carbocycles. The van der Waals surface area contributed by atoms with E-state index in [-0.39, 0.29) is 0 Å². The fraction of sp³-hybridized carbons (Fsp3) is 0.100. The van der Waals surface area contributed by atoms with E-state index in [1.165, 1.54) is 5.56 Å². The van der Waals surface area contributed by atoms with Gasteiger partial charge in [-0.1, -0.05) is 12.2 Å². The van der Waals surface area contributed by atoms with E-state index in [2.05, 4.69) is 21.4 Å². The molecule has 2 aromatic rings. The van der Waals surface area contributed by atoms with Crippen LogP contribution in [0.3, 0.4) is 0 Å². The Morgan fingerprint density at radius 1 is 1.50 bits per heavy atom. The van der Waals surface area contributed by atoms with Gasteiger partial charge in [0, 0.05) is 12.7 Å². The van der Waals surface area contributed by atoms with Gasteiger partial charge in [0.1, 0.15) is 4.99 Å². The number of hydrogen-bond donors (Lipinski definition) is 1.